The Kier molecular flexibility index (Phi) is 5.98. The summed E-state index contributed by atoms with van der Waals surface area (Å²) >= 11 is 1.48. The predicted octanol–water partition coefficient (Wildman–Crippen LogP) is 2.81. The Hall–Kier alpha value is -1.90. The molecule has 0 bridgehead atoms. The SMILES string of the molecule is CSc1ccccc1NC(=O)CN(C)S(=O)(=O)c1ccc(F)cc1. The number of thioether (sulfide) groups is 1. The lowest BCUT2D eigenvalue weighted by Gasteiger charge is -2.17. The zero-order valence-electron chi connectivity index (χ0n) is 13.2. The van der Waals surface area contributed by atoms with E-state index in [-0.39, 0.29) is 11.4 Å². The van der Waals surface area contributed by atoms with Crippen LogP contribution in [-0.2, 0) is 14.8 Å². The van der Waals surface area contributed by atoms with Crippen molar-refractivity contribution in [2.75, 3.05) is 25.2 Å². The van der Waals surface area contributed by atoms with Gasteiger partial charge >= 0.3 is 0 Å². The number of carbonyl (C=O) groups excluding carboxylic acids is 1. The molecule has 1 amide bonds. The molecule has 0 aromatic heterocycles. The Morgan fingerprint density at radius 3 is 2.42 bits per heavy atom. The highest BCUT2D eigenvalue weighted by atomic mass is 32.2. The van der Waals surface area contributed by atoms with Crippen molar-refractivity contribution in [2.45, 2.75) is 9.79 Å². The van der Waals surface area contributed by atoms with Gasteiger partial charge in [-0.25, -0.2) is 12.8 Å². The molecule has 0 aliphatic heterocycles. The van der Waals surface area contributed by atoms with Crippen LogP contribution in [0.25, 0.3) is 0 Å². The molecule has 8 heteroatoms. The Labute approximate surface area is 144 Å². The maximum Gasteiger partial charge on any atom is 0.243 e. The van der Waals surface area contributed by atoms with Gasteiger partial charge in [-0.05, 0) is 42.7 Å². The molecule has 0 saturated heterocycles. The van der Waals surface area contributed by atoms with Crippen LogP contribution in [0, 0.1) is 5.82 Å². The standard InChI is InChI=1S/C16H17FN2O3S2/c1-19(24(21,22)13-9-7-12(17)8-10-13)11-16(20)18-14-5-3-4-6-15(14)23-2/h3-10H,11H2,1-2H3,(H,18,20). The van der Waals surface area contributed by atoms with Crippen LogP contribution in [0.4, 0.5) is 10.1 Å². The smallest absolute Gasteiger partial charge is 0.243 e. The minimum Gasteiger partial charge on any atom is -0.324 e. The normalized spacial score (nSPS) is 11.5. The van der Waals surface area contributed by atoms with Crippen molar-refractivity contribution >= 4 is 33.4 Å². The molecule has 0 aliphatic rings. The molecule has 0 heterocycles. The number of rotatable bonds is 6. The molecule has 0 aliphatic carbocycles. The number of hydrogen-bond acceptors (Lipinski definition) is 4. The topological polar surface area (TPSA) is 66.5 Å². The first-order valence-electron chi connectivity index (χ1n) is 6.99. The fourth-order valence-corrected chi connectivity index (χ4v) is 3.69. The lowest BCUT2D eigenvalue weighted by atomic mass is 10.3. The monoisotopic (exact) mass is 368 g/mol. The van der Waals surface area contributed by atoms with Gasteiger partial charge in [0.25, 0.3) is 0 Å². The van der Waals surface area contributed by atoms with Crippen molar-refractivity contribution < 1.29 is 17.6 Å². The number of nitrogens with one attached hydrogen (secondary N) is 1. The van der Waals surface area contributed by atoms with E-state index < -0.39 is 21.7 Å². The maximum atomic E-state index is 12.9. The van der Waals surface area contributed by atoms with Gasteiger partial charge in [0.2, 0.25) is 15.9 Å². The van der Waals surface area contributed by atoms with Crippen molar-refractivity contribution in [2.24, 2.45) is 0 Å². The van der Waals surface area contributed by atoms with E-state index in [0.29, 0.717) is 5.69 Å². The van der Waals surface area contributed by atoms with Crippen LogP contribution in [-0.4, -0.2) is 38.5 Å². The predicted molar refractivity (Wildman–Crippen MR) is 93.1 cm³/mol. The zero-order valence-corrected chi connectivity index (χ0v) is 14.8. The Bertz CT molecular complexity index is 823. The van der Waals surface area contributed by atoms with Crippen molar-refractivity contribution in [3.05, 3.63) is 54.3 Å². The van der Waals surface area contributed by atoms with Gasteiger partial charge in [-0.2, -0.15) is 4.31 Å². The molecule has 2 aromatic rings. The fourth-order valence-electron chi connectivity index (χ4n) is 2.01. The summed E-state index contributed by atoms with van der Waals surface area (Å²) in [6.07, 6.45) is 1.89. The summed E-state index contributed by atoms with van der Waals surface area (Å²) in [6.45, 7) is -0.345. The average molecular weight is 368 g/mol. The van der Waals surface area contributed by atoms with Crippen LogP contribution in [0.5, 0.6) is 0 Å². The van der Waals surface area contributed by atoms with Gasteiger partial charge in [-0.3, -0.25) is 4.79 Å². The van der Waals surface area contributed by atoms with E-state index in [1.165, 1.54) is 30.9 Å². The lowest BCUT2D eigenvalue weighted by Crippen LogP contribution is -2.35. The van der Waals surface area contributed by atoms with E-state index in [1.54, 1.807) is 12.1 Å². The Morgan fingerprint density at radius 2 is 1.79 bits per heavy atom. The highest BCUT2D eigenvalue weighted by Gasteiger charge is 2.23. The lowest BCUT2D eigenvalue weighted by molar-refractivity contribution is -0.116. The molecule has 24 heavy (non-hydrogen) atoms. The fraction of sp³-hybridized carbons (Fsp3) is 0.188. The minimum absolute atomic E-state index is 0.0660. The molecular weight excluding hydrogens is 351 g/mol. The summed E-state index contributed by atoms with van der Waals surface area (Å²) in [7, 11) is -2.55. The molecular formula is C16H17FN2O3S2. The van der Waals surface area contributed by atoms with Crippen molar-refractivity contribution in [1.29, 1.82) is 0 Å². The Balaban J connectivity index is 2.09. The van der Waals surface area contributed by atoms with E-state index in [9.17, 15) is 17.6 Å². The first kappa shape index (κ1) is 18.4. The molecule has 128 valence electrons. The van der Waals surface area contributed by atoms with Gasteiger partial charge in [-0.1, -0.05) is 12.1 Å². The van der Waals surface area contributed by atoms with E-state index >= 15 is 0 Å². The third-order valence-corrected chi connectivity index (χ3v) is 5.88. The number of sulfonamides is 1. The van der Waals surface area contributed by atoms with Gasteiger partial charge in [-0.15, -0.1) is 11.8 Å². The van der Waals surface area contributed by atoms with E-state index in [2.05, 4.69) is 5.32 Å². The van der Waals surface area contributed by atoms with E-state index in [0.717, 1.165) is 21.3 Å². The number of benzene rings is 2. The first-order chi connectivity index (χ1) is 11.3. The third kappa shape index (κ3) is 4.34. The summed E-state index contributed by atoms with van der Waals surface area (Å²) in [5, 5.41) is 2.70. The second-order valence-electron chi connectivity index (χ2n) is 4.96. The number of anilines is 1. The van der Waals surface area contributed by atoms with Crippen LogP contribution >= 0.6 is 11.8 Å². The number of para-hydroxylation sites is 1. The average Bonchev–Trinajstić information content (AvgIpc) is 2.55. The summed E-state index contributed by atoms with van der Waals surface area (Å²) in [5.41, 5.74) is 0.627. The second kappa shape index (κ2) is 7.78. The number of amides is 1. The van der Waals surface area contributed by atoms with Crippen LogP contribution in [0.1, 0.15) is 0 Å². The molecule has 2 aromatic carbocycles. The highest BCUT2D eigenvalue weighted by Crippen LogP contribution is 2.24. The van der Waals surface area contributed by atoms with E-state index in [1.807, 2.05) is 18.4 Å². The second-order valence-corrected chi connectivity index (χ2v) is 7.86. The van der Waals surface area contributed by atoms with Crippen LogP contribution in [0.2, 0.25) is 0 Å². The minimum atomic E-state index is -3.86. The maximum absolute atomic E-state index is 12.9. The number of carbonyl (C=O) groups is 1. The molecule has 0 radical (unpaired) electrons. The highest BCUT2D eigenvalue weighted by molar-refractivity contribution is 7.98. The van der Waals surface area contributed by atoms with Gasteiger partial charge in [0.05, 0.1) is 17.1 Å². The van der Waals surface area contributed by atoms with Gasteiger partial charge in [0.15, 0.2) is 0 Å². The van der Waals surface area contributed by atoms with Crippen LogP contribution in [0.3, 0.4) is 0 Å². The Morgan fingerprint density at radius 1 is 1.17 bits per heavy atom. The van der Waals surface area contributed by atoms with Crippen molar-refractivity contribution in [3.8, 4) is 0 Å². The number of hydrogen-bond donors (Lipinski definition) is 1. The molecule has 0 atom stereocenters. The van der Waals surface area contributed by atoms with E-state index in [4.69, 9.17) is 0 Å². The molecule has 1 N–H and O–H groups in total. The number of halogens is 1. The molecule has 0 unspecified atom stereocenters. The number of likely N-dealkylation sites (N-methyl/N-ethyl adjacent to an activating group) is 1. The molecule has 0 fully saturated rings. The summed E-state index contributed by atoms with van der Waals surface area (Å²) in [5.74, 6) is -0.979. The number of nitrogens with zero attached hydrogens (tertiary/aromatic N) is 1. The van der Waals surface area contributed by atoms with Gasteiger partial charge in [0.1, 0.15) is 5.82 Å². The molecule has 5 nitrogen and oxygen atoms in total. The van der Waals surface area contributed by atoms with Crippen molar-refractivity contribution in [3.63, 3.8) is 0 Å². The largest absolute Gasteiger partial charge is 0.324 e. The first-order valence-corrected chi connectivity index (χ1v) is 9.66. The summed E-state index contributed by atoms with van der Waals surface area (Å²) < 4.78 is 38.6. The van der Waals surface area contributed by atoms with Crippen LogP contribution in [0.15, 0.2) is 58.3 Å². The quantitative estimate of drug-likeness (QED) is 0.796. The van der Waals surface area contributed by atoms with Gasteiger partial charge in [0, 0.05) is 11.9 Å². The summed E-state index contributed by atoms with van der Waals surface area (Å²) in [4.78, 5) is 13.0. The molecule has 2 rings (SSSR count). The molecule has 0 saturated carbocycles. The van der Waals surface area contributed by atoms with Crippen LogP contribution < -0.4 is 5.32 Å². The van der Waals surface area contributed by atoms with Crippen molar-refractivity contribution in [1.82, 2.24) is 4.31 Å². The summed E-state index contributed by atoms with van der Waals surface area (Å²) in [6, 6.07) is 11.7. The third-order valence-electron chi connectivity index (χ3n) is 3.27. The molecule has 0 spiro atoms. The van der Waals surface area contributed by atoms with Gasteiger partial charge < -0.3 is 5.32 Å². The zero-order chi connectivity index (χ0) is 17.7.